The third-order valence-corrected chi connectivity index (χ3v) is 5.35. The normalized spacial score (nSPS) is 19.0. The standard InChI is InChI=1S/C17H20N2O6S/c1-3-25-17(24)12-8(2)11(13(18)20)15(26-12)19-14(21)9-6-4-5-7-10(9)16(22)23/h4-5,9-10H,3,6-7H2,1-2H3,(H2,18,20)(H,19,21)(H,22,23)/p-1/t9-,10-/m0/s1. The first-order valence-electron chi connectivity index (χ1n) is 8.04. The van der Waals surface area contributed by atoms with Crippen LogP contribution in [0.4, 0.5) is 5.00 Å². The van der Waals surface area contributed by atoms with E-state index < -0.39 is 35.6 Å². The molecule has 1 aromatic heterocycles. The highest BCUT2D eigenvalue weighted by atomic mass is 32.1. The molecule has 0 aliphatic heterocycles. The summed E-state index contributed by atoms with van der Waals surface area (Å²) in [5, 5.41) is 13.9. The number of ether oxygens (including phenoxy) is 1. The first kappa shape index (κ1) is 19.6. The Balaban J connectivity index is 2.33. The number of amides is 2. The number of esters is 1. The zero-order valence-corrected chi connectivity index (χ0v) is 15.2. The predicted octanol–water partition coefficient (Wildman–Crippen LogP) is 0.603. The van der Waals surface area contributed by atoms with E-state index in [1.807, 2.05) is 0 Å². The van der Waals surface area contributed by atoms with Gasteiger partial charge in [0.2, 0.25) is 5.91 Å². The number of hydrogen-bond acceptors (Lipinski definition) is 7. The summed E-state index contributed by atoms with van der Waals surface area (Å²) in [5.74, 6) is -5.08. The van der Waals surface area contributed by atoms with Crippen molar-refractivity contribution in [2.24, 2.45) is 17.6 Å². The smallest absolute Gasteiger partial charge is 0.348 e. The molecular weight excluding hydrogens is 360 g/mol. The molecule has 0 radical (unpaired) electrons. The Bertz CT molecular complexity index is 782. The van der Waals surface area contributed by atoms with Crippen LogP contribution in [0, 0.1) is 18.8 Å². The molecule has 2 rings (SSSR count). The maximum absolute atomic E-state index is 12.6. The topological polar surface area (TPSA) is 139 Å². The molecule has 140 valence electrons. The van der Waals surface area contributed by atoms with Crippen LogP contribution in [-0.4, -0.2) is 30.4 Å². The molecule has 2 amide bonds. The van der Waals surface area contributed by atoms with Gasteiger partial charge in [-0.05, 0) is 32.3 Å². The van der Waals surface area contributed by atoms with E-state index in [1.165, 1.54) is 6.92 Å². The molecule has 0 saturated carbocycles. The Morgan fingerprint density at radius 3 is 2.42 bits per heavy atom. The number of allylic oxidation sites excluding steroid dienone is 2. The highest BCUT2D eigenvalue weighted by Crippen LogP contribution is 2.35. The number of nitrogens with two attached hydrogens (primary N) is 1. The van der Waals surface area contributed by atoms with E-state index in [2.05, 4.69) is 5.32 Å². The van der Waals surface area contributed by atoms with Crippen molar-refractivity contribution in [3.8, 4) is 0 Å². The molecule has 3 N–H and O–H groups in total. The van der Waals surface area contributed by atoms with Crippen molar-refractivity contribution in [2.45, 2.75) is 26.7 Å². The molecule has 0 aromatic carbocycles. The number of primary amides is 1. The van der Waals surface area contributed by atoms with Crippen molar-refractivity contribution in [1.29, 1.82) is 0 Å². The van der Waals surface area contributed by atoms with Gasteiger partial charge in [-0.1, -0.05) is 12.2 Å². The highest BCUT2D eigenvalue weighted by molar-refractivity contribution is 7.18. The van der Waals surface area contributed by atoms with Crippen molar-refractivity contribution < 1.29 is 29.0 Å². The van der Waals surface area contributed by atoms with E-state index in [1.54, 1.807) is 19.1 Å². The number of carbonyl (C=O) groups is 4. The summed E-state index contributed by atoms with van der Waals surface area (Å²) in [7, 11) is 0. The van der Waals surface area contributed by atoms with E-state index in [0.29, 0.717) is 5.56 Å². The quantitative estimate of drug-likeness (QED) is 0.548. The summed E-state index contributed by atoms with van der Waals surface area (Å²) in [4.78, 5) is 47.8. The van der Waals surface area contributed by atoms with Gasteiger partial charge in [0.05, 0.1) is 18.1 Å². The summed E-state index contributed by atoms with van der Waals surface area (Å²) in [5.41, 5.74) is 5.71. The van der Waals surface area contributed by atoms with Gasteiger partial charge in [-0.25, -0.2) is 4.79 Å². The van der Waals surface area contributed by atoms with Gasteiger partial charge >= 0.3 is 5.97 Å². The van der Waals surface area contributed by atoms with Gasteiger partial charge in [-0.3, -0.25) is 9.59 Å². The average Bonchev–Trinajstić information content (AvgIpc) is 2.91. The van der Waals surface area contributed by atoms with Crippen molar-refractivity contribution in [3.05, 3.63) is 28.2 Å². The monoisotopic (exact) mass is 379 g/mol. The first-order chi connectivity index (χ1) is 12.3. The van der Waals surface area contributed by atoms with Crippen LogP contribution in [0.5, 0.6) is 0 Å². The van der Waals surface area contributed by atoms with E-state index in [0.717, 1.165) is 11.3 Å². The number of rotatable bonds is 6. The largest absolute Gasteiger partial charge is 0.550 e. The number of hydrogen-bond donors (Lipinski definition) is 2. The number of anilines is 1. The lowest BCUT2D eigenvalue weighted by Crippen LogP contribution is -2.41. The molecule has 0 unspecified atom stereocenters. The molecule has 1 aromatic rings. The second-order valence-corrected chi connectivity index (χ2v) is 6.83. The molecule has 26 heavy (non-hydrogen) atoms. The Kier molecular flexibility index (Phi) is 6.14. The van der Waals surface area contributed by atoms with Gasteiger partial charge in [0.25, 0.3) is 5.91 Å². The molecule has 2 atom stereocenters. The minimum atomic E-state index is -1.31. The Labute approximate surface area is 154 Å². The summed E-state index contributed by atoms with van der Waals surface area (Å²) in [6.45, 7) is 3.34. The minimum Gasteiger partial charge on any atom is -0.550 e. The van der Waals surface area contributed by atoms with Crippen LogP contribution in [0.1, 0.15) is 45.4 Å². The number of carbonyl (C=O) groups excluding carboxylic acids is 4. The molecule has 1 aliphatic rings. The van der Waals surface area contributed by atoms with Crippen molar-refractivity contribution in [1.82, 2.24) is 0 Å². The van der Waals surface area contributed by atoms with E-state index in [-0.39, 0.29) is 34.9 Å². The molecular formula is C17H19N2O6S-. The fourth-order valence-electron chi connectivity index (χ4n) is 2.86. The maximum atomic E-state index is 12.6. The maximum Gasteiger partial charge on any atom is 0.348 e. The number of thiophene rings is 1. The minimum absolute atomic E-state index is 0.0164. The lowest BCUT2D eigenvalue weighted by Gasteiger charge is -2.28. The van der Waals surface area contributed by atoms with Crippen LogP contribution in [0.25, 0.3) is 0 Å². The van der Waals surface area contributed by atoms with E-state index >= 15 is 0 Å². The Morgan fingerprint density at radius 2 is 1.88 bits per heavy atom. The Morgan fingerprint density at radius 1 is 1.27 bits per heavy atom. The predicted molar refractivity (Wildman–Crippen MR) is 92.5 cm³/mol. The zero-order chi connectivity index (χ0) is 19.4. The highest BCUT2D eigenvalue weighted by Gasteiger charge is 2.32. The summed E-state index contributed by atoms with van der Waals surface area (Å²) >= 11 is 0.876. The Hall–Kier alpha value is -2.68. The third kappa shape index (κ3) is 3.93. The molecule has 1 aliphatic carbocycles. The van der Waals surface area contributed by atoms with E-state index in [4.69, 9.17) is 10.5 Å². The molecule has 0 saturated heterocycles. The van der Waals surface area contributed by atoms with Crippen molar-refractivity contribution in [2.75, 3.05) is 11.9 Å². The van der Waals surface area contributed by atoms with Crippen LogP contribution < -0.4 is 16.2 Å². The molecule has 8 nitrogen and oxygen atoms in total. The van der Waals surface area contributed by atoms with Gasteiger partial charge < -0.3 is 25.7 Å². The van der Waals surface area contributed by atoms with Gasteiger partial charge in [-0.2, -0.15) is 0 Å². The van der Waals surface area contributed by atoms with Crippen LogP contribution in [0.15, 0.2) is 12.2 Å². The fourth-order valence-corrected chi connectivity index (χ4v) is 3.97. The molecule has 1 heterocycles. The van der Waals surface area contributed by atoms with Crippen LogP contribution >= 0.6 is 11.3 Å². The van der Waals surface area contributed by atoms with Crippen LogP contribution in [0.2, 0.25) is 0 Å². The van der Waals surface area contributed by atoms with Gasteiger partial charge in [-0.15, -0.1) is 11.3 Å². The van der Waals surface area contributed by atoms with Crippen LogP contribution in [-0.2, 0) is 14.3 Å². The van der Waals surface area contributed by atoms with Crippen LogP contribution in [0.3, 0.4) is 0 Å². The zero-order valence-electron chi connectivity index (χ0n) is 14.4. The van der Waals surface area contributed by atoms with Crippen molar-refractivity contribution in [3.63, 3.8) is 0 Å². The molecule has 0 spiro atoms. The summed E-state index contributed by atoms with van der Waals surface area (Å²) in [6, 6.07) is 0. The second-order valence-electron chi connectivity index (χ2n) is 5.81. The number of aliphatic carboxylic acids is 1. The first-order valence-corrected chi connectivity index (χ1v) is 8.86. The lowest BCUT2D eigenvalue weighted by atomic mass is 9.82. The van der Waals surface area contributed by atoms with Crippen molar-refractivity contribution >= 4 is 40.1 Å². The van der Waals surface area contributed by atoms with Gasteiger partial charge in [0, 0.05) is 11.9 Å². The van der Waals surface area contributed by atoms with Gasteiger partial charge in [0.15, 0.2) is 0 Å². The lowest BCUT2D eigenvalue weighted by molar-refractivity contribution is -0.313. The summed E-state index contributed by atoms with van der Waals surface area (Å²) in [6.07, 6.45) is 3.85. The number of carboxylic acids is 1. The summed E-state index contributed by atoms with van der Waals surface area (Å²) < 4.78 is 4.94. The molecule has 9 heteroatoms. The van der Waals surface area contributed by atoms with E-state index in [9.17, 15) is 24.3 Å². The molecule has 0 bridgehead atoms. The number of nitrogens with one attached hydrogen (secondary N) is 1. The second kappa shape index (κ2) is 8.13. The third-order valence-electron chi connectivity index (χ3n) is 4.16. The van der Waals surface area contributed by atoms with Gasteiger partial charge in [0.1, 0.15) is 9.88 Å². The number of carboxylic acid groups (broad SMARTS) is 1. The SMILES string of the molecule is CCOC(=O)c1sc(NC(=O)[C@H]2CC=CC[C@@H]2C(=O)[O-])c(C(N)=O)c1C. The average molecular weight is 379 g/mol. The molecule has 0 fully saturated rings. The fraction of sp³-hybridized carbons (Fsp3) is 0.412.